The van der Waals surface area contributed by atoms with Crippen molar-refractivity contribution >= 4 is 11.8 Å². The summed E-state index contributed by atoms with van der Waals surface area (Å²) in [5.74, 6) is 2.21. The quantitative estimate of drug-likeness (QED) is 0.597. The molecule has 0 saturated carbocycles. The topological polar surface area (TPSA) is 60.2 Å². The molecule has 0 amide bonds. The summed E-state index contributed by atoms with van der Waals surface area (Å²) < 4.78 is 10.8. The predicted molar refractivity (Wildman–Crippen MR) is 83.6 cm³/mol. The maximum atomic E-state index is 5.42. The summed E-state index contributed by atoms with van der Waals surface area (Å²) in [4.78, 5) is 0. The Morgan fingerprint density at radius 3 is 2.86 bits per heavy atom. The molecule has 5 nitrogen and oxygen atoms in total. The van der Waals surface area contributed by atoms with Crippen LogP contribution in [0, 0.1) is 6.92 Å². The standard InChI is InChI=1S/C15H21N3O2S/c1-4-7-16-9-12-5-6-14(19-3)13(8-12)10-21-15-18-17-11(2)20-15/h5-6,8,16H,4,7,9-10H2,1-3H3. The van der Waals surface area contributed by atoms with E-state index in [2.05, 4.69) is 34.6 Å². The van der Waals surface area contributed by atoms with Crippen LogP contribution in [0.1, 0.15) is 30.4 Å². The van der Waals surface area contributed by atoms with Crippen molar-refractivity contribution in [1.82, 2.24) is 15.5 Å². The molecule has 21 heavy (non-hydrogen) atoms. The average molecular weight is 307 g/mol. The van der Waals surface area contributed by atoms with Gasteiger partial charge in [0.25, 0.3) is 5.22 Å². The van der Waals surface area contributed by atoms with Crippen molar-refractivity contribution in [2.75, 3.05) is 13.7 Å². The first-order valence-corrected chi connectivity index (χ1v) is 8.01. The second kappa shape index (κ2) is 8.05. The number of methoxy groups -OCH3 is 1. The van der Waals surface area contributed by atoms with Crippen LogP contribution in [0.5, 0.6) is 5.75 Å². The first-order valence-electron chi connectivity index (χ1n) is 7.02. The van der Waals surface area contributed by atoms with Gasteiger partial charge in [-0.1, -0.05) is 24.8 Å². The van der Waals surface area contributed by atoms with Crippen molar-refractivity contribution in [3.05, 3.63) is 35.2 Å². The molecule has 6 heteroatoms. The second-order valence-electron chi connectivity index (χ2n) is 4.70. The predicted octanol–water partition coefficient (Wildman–Crippen LogP) is 3.18. The molecule has 2 aromatic rings. The van der Waals surface area contributed by atoms with Gasteiger partial charge < -0.3 is 14.5 Å². The van der Waals surface area contributed by atoms with E-state index in [4.69, 9.17) is 9.15 Å². The monoisotopic (exact) mass is 307 g/mol. The van der Waals surface area contributed by atoms with Crippen molar-refractivity contribution < 1.29 is 9.15 Å². The van der Waals surface area contributed by atoms with E-state index in [-0.39, 0.29) is 0 Å². The zero-order chi connectivity index (χ0) is 15.1. The van der Waals surface area contributed by atoms with E-state index in [1.54, 1.807) is 14.0 Å². The number of ether oxygens (including phenoxy) is 1. The zero-order valence-electron chi connectivity index (χ0n) is 12.7. The average Bonchev–Trinajstić information content (AvgIpc) is 2.91. The number of nitrogens with zero attached hydrogens (tertiary/aromatic N) is 2. The van der Waals surface area contributed by atoms with Crippen LogP contribution in [0.3, 0.4) is 0 Å². The summed E-state index contributed by atoms with van der Waals surface area (Å²) in [6.07, 6.45) is 1.13. The van der Waals surface area contributed by atoms with Gasteiger partial charge in [0, 0.05) is 24.8 Å². The maximum absolute atomic E-state index is 5.42. The smallest absolute Gasteiger partial charge is 0.276 e. The van der Waals surface area contributed by atoms with Crippen LogP contribution >= 0.6 is 11.8 Å². The van der Waals surface area contributed by atoms with Crippen LogP contribution in [-0.2, 0) is 12.3 Å². The van der Waals surface area contributed by atoms with Crippen LogP contribution in [-0.4, -0.2) is 23.9 Å². The molecule has 1 aromatic heterocycles. The van der Waals surface area contributed by atoms with Crippen molar-refractivity contribution in [1.29, 1.82) is 0 Å². The van der Waals surface area contributed by atoms with E-state index < -0.39 is 0 Å². The molecule has 114 valence electrons. The Kier molecular flexibility index (Phi) is 6.07. The van der Waals surface area contributed by atoms with E-state index >= 15 is 0 Å². The number of hydrogen-bond acceptors (Lipinski definition) is 6. The van der Waals surface area contributed by atoms with E-state index in [9.17, 15) is 0 Å². The lowest BCUT2D eigenvalue weighted by Crippen LogP contribution is -2.13. The number of thioether (sulfide) groups is 1. The Labute approximate surface area is 129 Å². The Bertz CT molecular complexity index is 572. The Hall–Kier alpha value is -1.53. The first kappa shape index (κ1) is 15.9. The summed E-state index contributed by atoms with van der Waals surface area (Å²) >= 11 is 1.52. The minimum atomic E-state index is 0.585. The molecule has 0 spiro atoms. The number of aromatic nitrogens is 2. The van der Waals surface area contributed by atoms with Crippen molar-refractivity contribution in [2.45, 2.75) is 37.8 Å². The molecule has 1 N–H and O–H groups in total. The molecule has 1 aromatic carbocycles. The molecular formula is C15H21N3O2S. The number of benzene rings is 1. The van der Waals surface area contributed by atoms with Gasteiger partial charge >= 0.3 is 0 Å². The van der Waals surface area contributed by atoms with Crippen LogP contribution < -0.4 is 10.1 Å². The largest absolute Gasteiger partial charge is 0.496 e. The number of aryl methyl sites for hydroxylation is 1. The summed E-state index contributed by atoms with van der Waals surface area (Å²) in [5, 5.41) is 11.8. The maximum Gasteiger partial charge on any atom is 0.276 e. The molecule has 0 aliphatic heterocycles. The van der Waals surface area contributed by atoms with Gasteiger partial charge in [0.15, 0.2) is 0 Å². The fourth-order valence-corrected chi connectivity index (χ4v) is 2.72. The normalized spacial score (nSPS) is 10.8. The molecule has 0 saturated heterocycles. The van der Waals surface area contributed by atoms with Crippen molar-refractivity contribution in [3.63, 3.8) is 0 Å². The first-order chi connectivity index (χ1) is 10.2. The number of hydrogen-bond donors (Lipinski definition) is 1. The molecule has 0 aliphatic carbocycles. The minimum absolute atomic E-state index is 0.585. The van der Waals surface area contributed by atoms with Crippen molar-refractivity contribution in [3.8, 4) is 5.75 Å². The van der Waals surface area contributed by atoms with Gasteiger partial charge in [-0.25, -0.2) is 0 Å². The third kappa shape index (κ3) is 4.75. The highest BCUT2D eigenvalue weighted by molar-refractivity contribution is 7.98. The van der Waals surface area contributed by atoms with Crippen LogP contribution in [0.15, 0.2) is 27.8 Å². The van der Waals surface area contributed by atoms with E-state index in [1.165, 1.54) is 17.3 Å². The van der Waals surface area contributed by atoms with Gasteiger partial charge in [-0.15, -0.1) is 10.2 Å². The van der Waals surface area contributed by atoms with Gasteiger partial charge in [-0.3, -0.25) is 0 Å². The Morgan fingerprint density at radius 1 is 1.33 bits per heavy atom. The van der Waals surface area contributed by atoms with E-state index in [0.29, 0.717) is 11.1 Å². The van der Waals surface area contributed by atoms with Gasteiger partial charge in [0.1, 0.15) is 5.75 Å². The molecule has 0 radical (unpaired) electrons. The molecule has 0 atom stereocenters. The number of nitrogens with one attached hydrogen (secondary N) is 1. The van der Waals surface area contributed by atoms with E-state index in [0.717, 1.165) is 36.6 Å². The Morgan fingerprint density at radius 2 is 2.19 bits per heavy atom. The van der Waals surface area contributed by atoms with Gasteiger partial charge in [-0.05, 0) is 30.7 Å². The molecule has 0 bridgehead atoms. The molecule has 2 rings (SSSR count). The third-order valence-electron chi connectivity index (χ3n) is 2.96. The molecule has 0 unspecified atom stereocenters. The van der Waals surface area contributed by atoms with Crippen LogP contribution in [0.25, 0.3) is 0 Å². The molecule has 1 heterocycles. The lowest BCUT2D eigenvalue weighted by Gasteiger charge is -2.10. The fraction of sp³-hybridized carbons (Fsp3) is 0.467. The van der Waals surface area contributed by atoms with Crippen LogP contribution in [0.2, 0.25) is 0 Å². The van der Waals surface area contributed by atoms with E-state index in [1.807, 2.05) is 6.07 Å². The lowest BCUT2D eigenvalue weighted by molar-refractivity contribution is 0.410. The summed E-state index contributed by atoms with van der Waals surface area (Å²) in [6, 6.07) is 6.27. The highest BCUT2D eigenvalue weighted by atomic mass is 32.2. The van der Waals surface area contributed by atoms with Crippen molar-refractivity contribution in [2.24, 2.45) is 0 Å². The summed E-state index contributed by atoms with van der Waals surface area (Å²) in [6.45, 7) is 5.85. The van der Waals surface area contributed by atoms with Gasteiger partial charge in [-0.2, -0.15) is 0 Å². The molecule has 0 fully saturated rings. The lowest BCUT2D eigenvalue weighted by atomic mass is 10.1. The summed E-state index contributed by atoms with van der Waals surface area (Å²) in [7, 11) is 1.69. The zero-order valence-corrected chi connectivity index (χ0v) is 13.5. The molecular weight excluding hydrogens is 286 g/mol. The Balaban J connectivity index is 2.02. The third-order valence-corrected chi connectivity index (χ3v) is 3.83. The highest BCUT2D eigenvalue weighted by Gasteiger charge is 2.08. The number of rotatable bonds is 8. The SMILES string of the molecule is CCCNCc1ccc(OC)c(CSc2nnc(C)o2)c1. The minimum Gasteiger partial charge on any atom is -0.496 e. The van der Waals surface area contributed by atoms with Crippen LogP contribution in [0.4, 0.5) is 0 Å². The second-order valence-corrected chi connectivity index (χ2v) is 5.63. The highest BCUT2D eigenvalue weighted by Crippen LogP contribution is 2.28. The van der Waals surface area contributed by atoms with Gasteiger partial charge in [0.2, 0.25) is 5.89 Å². The summed E-state index contributed by atoms with van der Waals surface area (Å²) in [5.41, 5.74) is 2.38. The fourth-order valence-electron chi connectivity index (χ4n) is 1.94. The van der Waals surface area contributed by atoms with Gasteiger partial charge in [0.05, 0.1) is 7.11 Å². The molecule has 0 aliphatic rings.